The van der Waals surface area contributed by atoms with Crippen LogP contribution in [0, 0.1) is 0 Å². The summed E-state index contributed by atoms with van der Waals surface area (Å²) in [6.45, 7) is 0. The topological polar surface area (TPSA) is 40.2 Å². The van der Waals surface area contributed by atoms with Crippen LogP contribution in [-0.4, -0.2) is 0 Å². The molecule has 1 heterocycles. The SMILES string of the molecule is Nc1[nH+]c2c(s1)-c1ccccc1C2.[I-]. The van der Waals surface area contributed by atoms with Crippen LogP contribution in [0.2, 0.25) is 0 Å². The van der Waals surface area contributed by atoms with E-state index in [2.05, 4.69) is 29.2 Å². The third-order valence-electron chi connectivity index (χ3n) is 2.39. The van der Waals surface area contributed by atoms with Gasteiger partial charge in [0.05, 0.1) is 4.88 Å². The van der Waals surface area contributed by atoms with E-state index in [0.29, 0.717) is 0 Å². The highest BCUT2D eigenvalue weighted by Gasteiger charge is 2.24. The fourth-order valence-corrected chi connectivity index (χ4v) is 2.78. The van der Waals surface area contributed by atoms with Crippen molar-refractivity contribution in [3.63, 3.8) is 0 Å². The molecule has 0 aliphatic heterocycles. The second kappa shape index (κ2) is 3.51. The van der Waals surface area contributed by atoms with Gasteiger partial charge < -0.3 is 24.0 Å². The normalized spacial score (nSPS) is 11.7. The number of anilines is 1. The summed E-state index contributed by atoms with van der Waals surface area (Å²) in [7, 11) is 0. The van der Waals surface area contributed by atoms with E-state index in [1.807, 2.05) is 0 Å². The number of H-pyrrole nitrogens is 1. The lowest BCUT2D eigenvalue weighted by Crippen LogP contribution is -3.00. The Morgan fingerprint density at radius 3 is 2.93 bits per heavy atom. The number of nitrogen functional groups attached to an aromatic ring is 1. The average Bonchev–Trinajstić information content (AvgIpc) is 2.60. The number of fused-ring (bicyclic) bond motifs is 3. The lowest BCUT2D eigenvalue weighted by molar-refractivity contribution is -0.364. The van der Waals surface area contributed by atoms with Crippen LogP contribution in [0.25, 0.3) is 10.4 Å². The third kappa shape index (κ3) is 1.33. The molecular formula is C10H9IN2S. The summed E-state index contributed by atoms with van der Waals surface area (Å²) in [4.78, 5) is 4.51. The van der Waals surface area contributed by atoms with Gasteiger partial charge in [0.1, 0.15) is 5.69 Å². The van der Waals surface area contributed by atoms with E-state index in [9.17, 15) is 0 Å². The fourth-order valence-electron chi connectivity index (χ4n) is 1.83. The van der Waals surface area contributed by atoms with E-state index in [1.54, 1.807) is 11.3 Å². The number of halogens is 1. The van der Waals surface area contributed by atoms with Crippen LogP contribution < -0.4 is 34.7 Å². The molecule has 3 rings (SSSR count). The van der Waals surface area contributed by atoms with E-state index in [-0.39, 0.29) is 24.0 Å². The van der Waals surface area contributed by atoms with Crippen molar-refractivity contribution < 1.29 is 29.0 Å². The van der Waals surface area contributed by atoms with Gasteiger partial charge in [-0.25, -0.2) is 4.98 Å². The molecule has 1 aliphatic rings. The van der Waals surface area contributed by atoms with E-state index >= 15 is 0 Å². The second-order valence-electron chi connectivity index (χ2n) is 3.23. The predicted molar refractivity (Wildman–Crippen MR) is 53.5 cm³/mol. The van der Waals surface area contributed by atoms with Gasteiger partial charge in [-0.1, -0.05) is 24.3 Å². The first-order chi connectivity index (χ1) is 6.34. The van der Waals surface area contributed by atoms with Crippen molar-refractivity contribution in [3.8, 4) is 10.4 Å². The minimum absolute atomic E-state index is 0. The zero-order chi connectivity index (χ0) is 8.84. The maximum atomic E-state index is 5.71. The Hall–Kier alpha value is -0.620. The predicted octanol–water partition coefficient (Wildman–Crippen LogP) is -1.28. The van der Waals surface area contributed by atoms with Gasteiger partial charge in [-0.2, -0.15) is 0 Å². The number of aromatic nitrogens is 1. The molecule has 0 saturated heterocycles. The van der Waals surface area contributed by atoms with Gasteiger partial charge >= 0.3 is 5.13 Å². The fraction of sp³-hybridized carbons (Fsp3) is 0.100. The van der Waals surface area contributed by atoms with E-state index < -0.39 is 0 Å². The number of hydrogen-bond acceptors (Lipinski definition) is 2. The summed E-state index contributed by atoms with van der Waals surface area (Å²) in [5, 5.41) is 0.805. The number of thiazole rings is 1. The molecule has 0 bridgehead atoms. The van der Waals surface area contributed by atoms with Crippen LogP contribution in [0.3, 0.4) is 0 Å². The van der Waals surface area contributed by atoms with Crippen molar-refractivity contribution in [1.29, 1.82) is 0 Å². The Kier molecular flexibility index (Phi) is 2.48. The van der Waals surface area contributed by atoms with Crippen molar-refractivity contribution in [2.75, 3.05) is 5.73 Å². The Bertz CT molecular complexity index is 479. The number of rotatable bonds is 0. The van der Waals surface area contributed by atoms with Crippen LogP contribution >= 0.6 is 11.3 Å². The highest BCUT2D eigenvalue weighted by Crippen LogP contribution is 2.38. The molecule has 72 valence electrons. The first kappa shape index (κ1) is 9.92. The summed E-state index contributed by atoms with van der Waals surface area (Å²) in [6, 6.07) is 8.49. The molecule has 0 fully saturated rings. The minimum Gasteiger partial charge on any atom is -1.00 e. The zero-order valence-electron chi connectivity index (χ0n) is 7.38. The lowest BCUT2D eigenvalue weighted by atomic mass is 10.1. The van der Waals surface area contributed by atoms with Crippen LogP contribution in [0.5, 0.6) is 0 Å². The highest BCUT2D eigenvalue weighted by molar-refractivity contribution is 7.18. The molecule has 14 heavy (non-hydrogen) atoms. The van der Waals surface area contributed by atoms with Crippen molar-refractivity contribution in [2.24, 2.45) is 0 Å². The number of benzene rings is 1. The monoisotopic (exact) mass is 316 g/mol. The Morgan fingerprint density at radius 2 is 2.07 bits per heavy atom. The molecule has 0 amide bonds. The standard InChI is InChI=1S/C10H8N2S.HI/c11-10-12-8-5-6-3-1-2-4-7(6)9(8)13-10;/h1-4H,5H2,(H2,11,12);1H. The Morgan fingerprint density at radius 1 is 1.29 bits per heavy atom. The number of hydrogen-bond donors (Lipinski definition) is 1. The molecule has 2 aromatic rings. The smallest absolute Gasteiger partial charge is 0.330 e. The quantitative estimate of drug-likeness (QED) is 0.516. The van der Waals surface area contributed by atoms with E-state index in [4.69, 9.17) is 5.73 Å². The molecule has 1 aliphatic carbocycles. The second-order valence-corrected chi connectivity index (χ2v) is 4.29. The number of nitrogens with two attached hydrogens (primary N) is 1. The highest BCUT2D eigenvalue weighted by atomic mass is 127. The van der Waals surface area contributed by atoms with E-state index in [1.165, 1.54) is 21.7 Å². The molecular weight excluding hydrogens is 307 g/mol. The summed E-state index contributed by atoms with van der Waals surface area (Å²) in [5.74, 6) is 0. The zero-order valence-corrected chi connectivity index (χ0v) is 10.4. The van der Waals surface area contributed by atoms with Crippen molar-refractivity contribution in [2.45, 2.75) is 6.42 Å². The van der Waals surface area contributed by atoms with Crippen LogP contribution in [-0.2, 0) is 6.42 Å². The average molecular weight is 316 g/mol. The van der Waals surface area contributed by atoms with Gasteiger partial charge in [0.25, 0.3) is 0 Å². The van der Waals surface area contributed by atoms with Crippen molar-refractivity contribution in [1.82, 2.24) is 0 Å². The largest absolute Gasteiger partial charge is 1.00 e. The molecule has 0 saturated carbocycles. The molecule has 4 heteroatoms. The third-order valence-corrected chi connectivity index (χ3v) is 3.38. The van der Waals surface area contributed by atoms with Crippen LogP contribution in [0.15, 0.2) is 24.3 Å². The Labute approximate surface area is 103 Å². The molecule has 1 aromatic heterocycles. The number of nitrogens with one attached hydrogen (secondary N) is 1. The summed E-state index contributed by atoms with van der Waals surface area (Å²) in [5.41, 5.74) is 9.72. The Balaban J connectivity index is 0.000000750. The number of aromatic amines is 1. The van der Waals surface area contributed by atoms with Gasteiger partial charge in [0.2, 0.25) is 0 Å². The van der Waals surface area contributed by atoms with E-state index in [0.717, 1.165) is 11.6 Å². The maximum absolute atomic E-state index is 5.71. The summed E-state index contributed by atoms with van der Waals surface area (Å²) >= 11 is 1.64. The summed E-state index contributed by atoms with van der Waals surface area (Å²) < 4.78 is 0. The molecule has 0 radical (unpaired) electrons. The first-order valence-electron chi connectivity index (χ1n) is 4.23. The maximum Gasteiger partial charge on any atom is 0.330 e. The van der Waals surface area contributed by atoms with Crippen molar-refractivity contribution in [3.05, 3.63) is 35.5 Å². The summed E-state index contributed by atoms with van der Waals surface area (Å²) in [6.07, 6.45) is 0.999. The molecule has 1 aromatic carbocycles. The van der Waals surface area contributed by atoms with Gasteiger partial charge in [-0.05, 0) is 22.5 Å². The van der Waals surface area contributed by atoms with Crippen LogP contribution in [0.1, 0.15) is 11.3 Å². The van der Waals surface area contributed by atoms with Crippen molar-refractivity contribution >= 4 is 16.5 Å². The van der Waals surface area contributed by atoms with Gasteiger partial charge in [-0.3, -0.25) is 5.73 Å². The molecule has 0 atom stereocenters. The molecule has 3 N–H and O–H groups in total. The van der Waals surface area contributed by atoms with Gasteiger partial charge in [-0.15, -0.1) is 0 Å². The van der Waals surface area contributed by atoms with Gasteiger partial charge in [0, 0.05) is 6.42 Å². The molecule has 0 spiro atoms. The van der Waals surface area contributed by atoms with Gasteiger partial charge in [0.15, 0.2) is 0 Å². The molecule has 0 unspecified atom stereocenters. The lowest BCUT2D eigenvalue weighted by Gasteiger charge is -1.94. The van der Waals surface area contributed by atoms with Crippen LogP contribution in [0.4, 0.5) is 5.13 Å². The molecule has 2 nitrogen and oxygen atoms in total. The first-order valence-corrected chi connectivity index (χ1v) is 5.05. The minimum atomic E-state index is 0.